The summed E-state index contributed by atoms with van der Waals surface area (Å²) in [6.45, 7) is 5.75. The maximum absolute atomic E-state index is 12.7. The van der Waals surface area contributed by atoms with Crippen molar-refractivity contribution in [3.8, 4) is 5.69 Å². The molecule has 0 spiro atoms. The zero-order valence-corrected chi connectivity index (χ0v) is 17.0. The van der Waals surface area contributed by atoms with Crippen LogP contribution in [0.1, 0.15) is 46.8 Å². The standard InChI is InChI=1S/C22H27N5O2/c1-16-15-19(17(2)27(16)18-9-4-3-5-10-18)21(28)23-12-8-14-26-22(29)25-13-7-6-11-20(25)24-26/h3-5,9-10,15H,6-8,11-14H2,1-2H3,(H,23,28). The van der Waals surface area contributed by atoms with Crippen molar-refractivity contribution in [1.82, 2.24) is 24.2 Å². The number of amides is 1. The Hall–Kier alpha value is -3.09. The van der Waals surface area contributed by atoms with Crippen molar-refractivity contribution < 1.29 is 4.79 Å². The molecule has 7 heteroatoms. The van der Waals surface area contributed by atoms with Gasteiger partial charge in [-0.05, 0) is 51.3 Å². The first-order chi connectivity index (χ1) is 14.1. The lowest BCUT2D eigenvalue weighted by Crippen LogP contribution is -2.29. The van der Waals surface area contributed by atoms with Crippen molar-refractivity contribution in [1.29, 1.82) is 0 Å². The van der Waals surface area contributed by atoms with Crippen molar-refractivity contribution in [2.24, 2.45) is 0 Å². The number of hydrogen-bond acceptors (Lipinski definition) is 3. The number of aromatic nitrogens is 4. The van der Waals surface area contributed by atoms with Gasteiger partial charge in [-0.25, -0.2) is 9.48 Å². The second-order valence-corrected chi connectivity index (χ2v) is 7.60. The molecule has 1 amide bonds. The lowest BCUT2D eigenvalue weighted by molar-refractivity contribution is 0.0952. The normalized spacial score (nSPS) is 13.3. The Balaban J connectivity index is 1.37. The molecule has 4 rings (SSSR count). The van der Waals surface area contributed by atoms with Crippen LogP contribution in [0.3, 0.4) is 0 Å². The predicted molar refractivity (Wildman–Crippen MR) is 112 cm³/mol. The second-order valence-electron chi connectivity index (χ2n) is 7.60. The molecule has 0 unspecified atom stereocenters. The summed E-state index contributed by atoms with van der Waals surface area (Å²) in [6, 6.07) is 11.9. The number of carbonyl (C=O) groups excluding carboxylic acids is 1. The molecule has 1 aromatic carbocycles. The average molecular weight is 393 g/mol. The van der Waals surface area contributed by atoms with Crippen LogP contribution in [0, 0.1) is 13.8 Å². The summed E-state index contributed by atoms with van der Waals surface area (Å²) in [5.74, 6) is 0.801. The maximum Gasteiger partial charge on any atom is 0.345 e. The maximum atomic E-state index is 12.7. The predicted octanol–water partition coefficient (Wildman–Crippen LogP) is 2.61. The molecule has 2 aromatic heterocycles. The van der Waals surface area contributed by atoms with Gasteiger partial charge in [0.05, 0.1) is 5.56 Å². The third-order valence-corrected chi connectivity index (χ3v) is 5.55. The highest BCUT2D eigenvalue weighted by Crippen LogP contribution is 2.20. The minimum Gasteiger partial charge on any atom is -0.352 e. The molecule has 3 heterocycles. The smallest absolute Gasteiger partial charge is 0.345 e. The molecule has 0 aliphatic carbocycles. The van der Waals surface area contributed by atoms with E-state index < -0.39 is 0 Å². The largest absolute Gasteiger partial charge is 0.352 e. The average Bonchev–Trinajstić information content (AvgIpc) is 3.22. The van der Waals surface area contributed by atoms with Gasteiger partial charge in [0.1, 0.15) is 5.82 Å². The number of hydrogen-bond donors (Lipinski definition) is 1. The fourth-order valence-corrected chi connectivity index (χ4v) is 4.09. The summed E-state index contributed by atoms with van der Waals surface area (Å²) in [4.78, 5) is 25.0. The van der Waals surface area contributed by atoms with E-state index in [1.54, 1.807) is 4.57 Å². The van der Waals surface area contributed by atoms with E-state index in [1.807, 2.05) is 50.2 Å². The first-order valence-electron chi connectivity index (χ1n) is 10.3. The third kappa shape index (κ3) is 3.77. The Labute approximate surface area is 170 Å². The molecule has 3 aromatic rings. The molecule has 0 radical (unpaired) electrons. The number of fused-ring (bicyclic) bond motifs is 1. The Morgan fingerprint density at radius 1 is 1.17 bits per heavy atom. The van der Waals surface area contributed by atoms with E-state index in [0.29, 0.717) is 25.1 Å². The van der Waals surface area contributed by atoms with E-state index in [4.69, 9.17) is 0 Å². The van der Waals surface area contributed by atoms with Gasteiger partial charge in [0.15, 0.2) is 0 Å². The van der Waals surface area contributed by atoms with Crippen molar-refractivity contribution in [3.05, 3.63) is 69.7 Å². The first kappa shape index (κ1) is 19.2. The number of nitrogens with one attached hydrogen (secondary N) is 1. The molecule has 1 aliphatic heterocycles. The molecule has 0 saturated carbocycles. The van der Waals surface area contributed by atoms with Crippen LogP contribution < -0.4 is 11.0 Å². The second kappa shape index (κ2) is 8.11. The summed E-state index contributed by atoms with van der Waals surface area (Å²) in [5, 5.41) is 7.42. The Morgan fingerprint density at radius 3 is 2.72 bits per heavy atom. The minimum atomic E-state index is -0.0863. The molecule has 7 nitrogen and oxygen atoms in total. The van der Waals surface area contributed by atoms with E-state index in [0.717, 1.165) is 48.7 Å². The van der Waals surface area contributed by atoms with Gasteiger partial charge in [0.25, 0.3) is 5.91 Å². The van der Waals surface area contributed by atoms with Crippen molar-refractivity contribution in [3.63, 3.8) is 0 Å². The van der Waals surface area contributed by atoms with Gasteiger partial charge in [0.2, 0.25) is 0 Å². The van der Waals surface area contributed by atoms with Crippen LogP contribution in [0.2, 0.25) is 0 Å². The van der Waals surface area contributed by atoms with E-state index in [1.165, 1.54) is 4.68 Å². The number of nitrogens with zero attached hydrogens (tertiary/aromatic N) is 4. The van der Waals surface area contributed by atoms with E-state index in [2.05, 4.69) is 15.0 Å². The Bertz CT molecular complexity index is 1070. The number of rotatable bonds is 6. The first-order valence-corrected chi connectivity index (χ1v) is 10.3. The van der Waals surface area contributed by atoms with Crippen molar-refractivity contribution in [2.75, 3.05) is 6.54 Å². The molecule has 0 atom stereocenters. The SMILES string of the molecule is Cc1cc(C(=O)NCCCn2nc3n(c2=O)CCCC3)c(C)n1-c1ccccc1. The highest BCUT2D eigenvalue weighted by atomic mass is 16.2. The summed E-state index contributed by atoms with van der Waals surface area (Å²) in [5.41, 5.74) is 3.64. The highest BCUT2D eigenvalue weighted by Gasteiger charge is 2.18. The van der Waals surface area contributed by atoms with Crippen LogP contribution >= 0.6 is 0 Å². The van der Waals surface area contributed by atoms with Crippen LogP contribution in [0.15, 0.2) is 41.2 Å². The molecular formula is C22H27N5O2. The lowest BCUT2D eigenvalue weighted by Gasteiger charge is -2.10. The minimum absolute atomic E-state index is 0.0302. The van der Waals surface area contributed by atoms with Crippen molar-refractivity contribution in [2.45, 2.75) is 52.6 Å². The summed E-state index contributed by atoms with van der Waals surface area (Å²) < 4.78 is 5.40. The highest BCUT2D eigenvalue weighted by molar-refractivity contribution is 5.95. The quantitative estimate of drug-likeness (QED) is 0.654. The van der Waals surface area contributed by atoms with E-state index >= 15 is 0 Å². The summed E-state index contributed by atoms with van der Waals surface area (Å²) in [6.07, 6.45) is 3.67. The Morgan fingerprint density at radius 2 is 1.97 bits per heavy atom. The van der Waals surface area contributed by atoms with E-state index in [9.17, 15) is 9.59 Å². The Kier molecular flexibility index (Phi) is 5.38. The summed E-state index contributed by atoms with van der Waals surface area (Å²) >= 11 is 0. The van der Waals surface area contributed by atoms with Crippen molar-refractivity contribution >= 4 is 5.91 Å². The van der Waals surface area contributed by atoms with Gasteiger partial charge < -0.3 is 9.88 Å². The van der Waals surface area contributed by atoms with Crippen LogP contribution in [0.5, 0.6) is 0 Å². The van der Waals surface area contributed by atoms with Crippen LogP contribution in [0.4, 0.5) is 0 Å². The fourth-order valence-electron chi connectivity index (χ4n) is 4.09. The molecule has 152 valence electrons. The number of benzene rings is 1. The summed E-state index contributed by atoms with van der Waals surface area (Å²) in [7, 11) is 0. The monoisotopic (exact) mass is 393 g/mol. The molecule has 1 aliphatic rings. The van der Waals surface area contributed by atoms with Gasteiger partial charge in [-0.15, -0.1) is 0 Å². The zero-order chi connectivity index (χ0) is 20.4. The topological polar surface area (TPSA) is 73.8 Å². The van der Waals surface area contributed by atoms with Gasteiger partial charge in [-0.1, -0.05) is 18.2 Å². The zero-order valence-electron chi connectivity index (χ0n) is 17.0. The number of aryl methyl sites for hydroxylation is 3. The van der Waals surface area contributed by atoms with Crippen LogP contribution in [0.25, 0.3) is 5.69 Å². The van der Waals surface area contributed by atoms with Gasteiger partial charge >= 0.3 is 5.69 Å². The molecule has 0 fully saturated rings. The third-order valence-electron chi connectivity index (χ3n) is 5.55. The van der Waals surface area contributed by atoms with Crippen LogP contribution in [-0.4, -0.2) is 31.4 Å². The fraction of sp³-hybridized carbons (Fsp3) is 0.409. The molecule has 0 saturated heterocycles. The molecule has 0 bridgehead atoms. The number of para-hydroxylation sites is 1. The molecular weight excluding hydrogens is 366 g/mol. The van der Waals surface area contributed by atoms with E-state index in [-0.39, 0.29) is 11.6 Å². The van der Waals surface area contributed by atoms with Crippen LogP contribution in [-0.2, 0) is 19.5 Å². The molecule has 1 N–H and O–H groups in total. The van der Waals surface area contributed by atoms with Gasteiger partial charge in [-0.3, -0.25) is 9.36 Å². The lowest BCUT2D eigenvalue weighted by atomic mass is 10.2. The van der Waals surface area contributed by atoms with Gasteiger partial charge in [0, 0.05) is 43.1 Å². The number of carbonyl (C=O) groups is 1. The van der Waals surface area contributed by atoms with Gasteiger partial charge in [-0.2, -0.15) is 5.10 Å². The molecule has 29 heavy (non-hydrogen) atoms.